The zero-order chi connectivity index (χ0) is 14.4. The van der Waals surface area contributed by atoms with Crippen LogP contribution in [0.15, 0.2) is 4.47 Å². The second kappa shape index (κ2) is 7.94. The maximum Gasteiger partial charge on any atom is 0.254 e. The van der Waals surface area contributed by atoms with Crippen molar-refractivity contribution in [2.24, 2.45) is 0 Å². The molecule has 6 heteroatoms. The molecular formula is C13H22BrF2N3. The standard InChI is InChI=1S/C13H22BrF2N3/c1-4-7-17-10(13(15)16)8-11-12(14)9(5-2)18-19(11)6-3/h10,13,17H,4-8H2,1-3H3. The molecule has 0 radical (unpaired) electrons. The number of nitrogens with zero attached hydrogens (tertiary/aromatic N) is 2. The van der Waals surface area contributed by atoms with Gasteiger partial charge in [-0.15, -0.1) is 0 Å². The van der Waals surface area contributed by atoms with Gasteiger partial charge in [0.1, 0.15) is 0 Å². The number of aromatic nitrogens is 2. The molecule has 0 saturated carbocycles. The van der Waals surface area contributed by atoms with Crippen molar-refractivity contribution in [3.05, 3.63) is 15.9 Å². The SMILES string of the molecule is CCCNC(Cc1c(Br)c(CC)nn1CC)C(F)F. The van der Waals surface area contributed by atoms with Crippen LogP contribution in [0.2, 0.25) is 0 Å². The molecule has 0 bridgehead atoms. The largest absolute Gasteiger partial charge is 0.309 e. The Bertz CT molecular complexity index is 393. The molecule has 0 saturated heterocycles. The van der Waals surface area contributed by atoms with E-state index in [-0.39, 0.29) is 0 Å². The molecule has 0 aliphatic heterocycles. The molecule has 0 fully saturated rings. The van der Waals surface area contributed by atoms with Crippen molar-refractivity contribution in [2.45, 2.75) is 59.0 Å². The van der Waals surface area contributed by atoms with Crippen LogP contribution in [-0.2, 0) is 19.4 Å². The zero-order valence-electron chi connectivity index (χ0n) is 11.7. The van der Waals surface area contributed by atoms with Gasteiger partial charge >= 0.3 is 0 Å². The second-order valence-corrected chi connectivity index (χ2v) is 5.27. The van der Waals surface area contributed by atoms with E-state index < -0.39 is 12.5 Å². The first-order chi connectivity index (χ1) is 9.04. The van der Waals surface area contributed by atoms with Gasteiger partial charge in [0, 0.05) is 13.0 Å². The maximum absolute atomic E-state index is 13.1. The zero-order valence-corrected chi connectivity index (χ0v) is 13.3. The van der Waals surface area contributed by atoms with Crippen molar-refractivity contribution >= 4 is 15.9 Å². The number of hydrogen-bond donors (Lipinski definition) is 1. The van der Waals surface area contributed by atoms with Crippen molar-refractivity contribution in [2.75, 3.05) is 6.54 Å². The molecule has 1 aromatic rings. The van der Waals surface area contributed by atoms with E-state index in [9.17, 15) is 8.78 Å². The molecule has 1 N–H and O–H groups in total. The number of alkyl halides is 2. The van der Waals surface area contributed by atoms with E-state index >= 15 is 0 Å². The highest BCUT2D eigenvalue weighted by Gasteiger charge is 2.24. The average Bonchev–Trinajstić information content (AvgIpc) is 2.70. The van der Waals surface area contributed by atoms with Crippen LogP contribution in [0.1, 0.15) is 38.6 Å². The summed E-state index contributed by atoms with van der Waals surface area (Å²) in [5.41, 5.74) is 1.79. The van der Waals surface area contributed by atoms with Gasteiger partial charge in [-0.1, -0.05) is 13.8 Å². The molecule has 19 heavy (non-hydrogen) atoms. The summed E-state index contributed by atoms with van der Waals surface area (Å²) in [4.78, 5) is 0. The van der Waals surface area contributed by atoms with Gasteiger partial charge in [0.25, 0.3) is 6.43 Å². The summed E-state index contributed by atoms with van der Waals surface area (Å²) in [7, 11) is 0. The molecule has 0 aromatic carbocycles. The van der Waals surface area contributed by atoms with Crippen LogP contribution in [0.3, 0.4) is 0 Å². The molecule has 0 aliphatic rings. The summed E-state index contributed by atoms with van der Waals surface area (Å²) >= 11 is 3.49. The molecule has 1 atom stereocenters. The van der Waals surface area contributed by atoms with Crippen molar-refractivity contribution in [1.29, 1.82) is 0 Å². The third kappa shape index (κ3) is 4.24. The van der Waals surface area contributed by atoms with Gasteiger partial charge in [0.2, 0.25) is 0 Å². The second-order valence-electron chi connectivity index (χ2n) is 4.48. The Morgan fingerprint density at radius 3 is 2.47 bits per heavy atom. The van der Waals surface area contributed by atoms with E-state index in [0.29, 0.717) is 19.5 Å². The van der Waals surface area contributed by atoms with E-state index in [4.69, 9.17) is 0 Å². The molecule has 1 unspecified atom stereocenters. The van der Waals surface area contributed by atoms with Gasteiger partial charge in [-0.2, -0.15) is 5.10 Å². The number of halogens is 3. The predicted molar refractivity (Wildman–Crippen MR) is 76.8 cm³/mol. The number of aryl methyl sites for hydroxylation is 2. The summed E-state index contributed by atoms with van der Waals surface area (Å²) in [5, 5.41) is 7.35. The van der Waals surface area contributed by atoms with Gasteiger partial charge in [0.05, 0.1) is 21.9 Å². The highest BCUT2D eigenvalue weighted by atomic mass is 79.9. The molecule has 0 aliphatic carbocycles. The van der Waals surface area contributed by atoms with Crippen LogP contribution < -0.4 is 5.32 Å². The van der Waals surface area contributed by atoms with Crippen molar-refractivity contribution < 1.29 is 8.78 Å². The summed E-state index contributed by atoms with van der Waals surface area (Å²) in [6.45, 7) is 7.25. The molecule has 3 nitrogen and oxygen atoms in total. The summed E-state index contributed by atoms with van der Waals surface area (Å²) in [6.07, 6.45) is -0.442. The Hall–Kier alpha value is -0.490. The van der Waals surface area contributed by atoms with Crippen molar-refractivity contribution in [3.63, 3.8) is 0 Å². The van der Waals surface area contributed by atoms with Gasteiger partial charge in [-0.3, -0.25) is 4.68 Å². The van der Waals surface area contributed by atoms with E-state index in [0.717, 1.165) is 28.7 Å². The molecule has 0 amide bonds. The molecule has 1 heterocycles. The van der Waals surface area contributed by atoms with Crippen LogP contribution >= 0.6 is 15.9 Å². The minimum absolute atomic E-state index is 0.291. The lowest BCUT2D eigenvalue weighted by Gasteiger charge is -2.18. The summed E-state index contributed by atoms with van der Waals surface area (Å²) < 4.78 is 28.8. The fourth-order valence-electron chi connectivity index (χ4n) is 2.00. The van der Waals surface area contributed by atoms with E-state index in [1.54, 1.807) is 0 Å². The van der Waals surface area contributed by atoms with Crippen LogP contribution in [0.4, 0.5) is 8.78 Å². The number of nitrogens with one attached hydrogen (secondary N) is 1. The average molecular weight is 338 g/mol. The van der Waals surface area contributed by atoms with E-state index in [2.05, 4.69) is 26.3 Å². The Morgan fingerprint density at radius 2 is 2.00 bits per heavy atom. The van der Waals surface area contributed by atoms with Crippen LogP contribution in [0.5, 0.6) is 0 Å². The fraction of sp³-hybridized carbons (Fsp3) is 0.769. The Labute approximate surface area is 121 Å². The third-order valence-electron chi connectivity index (χ3n) is 3.07. The highest BCUT2D eigenvalue weighted by Crippen LogP contribution is 2.24. The fourth-order valence-corrected chi connectivity index (χ4v) is 2.73. The first-order valence-corrected chi connectivity index (χ1v) is 7.59. The Kier molecular flexibility index (Phi) is 6.93. The van der Waals surface area contributed by atoms with E-state index in [1.165, 1.54) is 0 Å². The van der Waals surface area contributed by atoms with E-state index in [1.807, 2.05) is 25.5 Å². The van der Waals surface area contributed by atoms with Gasteiger partial charge in [-0.05, 0) is 42.2 Å². The third-order valence-corrected chi connectivity index (χ3v) is 3.98. The number of rotatable bonds is 8. The summed E-state index contributed by atoms with van der Waals surface area (Å²) in [6, 6.07) is -0.817. The first kappa shape index (κ1) is 16.6. The quantitative estimate of drug-likeness (QED) is 0.787. The van der Waals surface area contributed by atoms with Gasteiger partial charge in [-0.25, -0.2) is 8.78 Å². The highest BCUT2D eigenvalue weighted by molar-refractivity contribution is 9.10. The van der Waals surface area contributed by atoms with Crippen molar-refractivity contribution in [1.82, 2.24) is 15.1 Å². The molecule has 0 spiro atoms. The molecular weight excluding hydrogens is 316 g/mol. The normalized spacial score (nSPS) is 13.2. The monoisotopic (exact) mass is 337 g/mol. The van der Waals surface area contributed by atoms with Gasteiger partial charge in [0.15, 0.2) is 0 Å². The maximum atomic E-state index is 13.1. The number of hydrogen-bond acceptors (Lipinski definition) is 2. The minimum Gasteiger partial charge on any atom is -0.309 e. The van der Waals surface area contributed by atoms with Crippen LogP contribution in [0.25, 0.3) is 0 Å². The van der Waals surface area contributed by atoms with Crippen LogP contribution in [-0.4, -0.2) is 28.8 Å². The molecule has 110 valence electrons. The Balaban J connectivity index is 2.91. The smallest absolute Gasteiger partial charge is 0.254 e. The lowest BCUT2D eigenvalue weighted by molar-refractivity contribution is 0.0972. The van der Waals surface area contributed by atoms with Gasteiger partial charge < -0.3 is 5.32 Å². The first-order valence-electron chi connectivity index (χ1n) is 6.80. The molecule has 1 aromatic heterocycles. The summed E-state index contributed by atoms with van der Waals surface area (Å²) in [5.74, 6) is 0. The van der Waals surface area contributed by atoms with Crippen LogP contribution in [0, 0.1) is 0 Å². The Morgan fingerprint density at radius 1 is 1.32 bits per heavy atom. The topological polar surface area (TPSA) is 29.9 Å². The van der Waals surface area contributed by atoms with Crippen molar-refractivity contribution in [3.8, 4) is 0 Å². The minimum atomic E-state index is -2.37. The predicted octanol–water partition coefficient (Wildman–Crippen LogP) is 3.40. The lowest BCUT2D eigenvalue weighted by Crippen LogP contribution is -2.38. The molecule has 1 rings (SSSR count). The lowest BCUT2D eigenvalue weighted by atomic mass is 10.1.